The fourth-order valence-electron chi connectivity index (χ4n) is 2.35. The molecule has 2 aromatic carbocycles. The fourth-order valence-corrected chi connectivity index (χ4v) is 2.52. The van der Waals surface area contributed by atoms with Crippen LogP contribution in [0.3, 0.4) is 0 Å². The lowest BCUT2D eigenvalue weighted by Gasteiger charge is -2.18. The standard InChI is InChI=1S/C18H16N2O5S/c21-16(13-5-6-14-15(9-13)25-8-7-24-14)20-18(26)19-10-11-1-3-12(4-2-11)17(22)23/h1-6,9H,7-8,10H2,(H,22,23)(H2,19,20,21,26). The molecule has 0 atom stereocenters. The van der Waals surface area contributed by atoms with E-state index in [2.05, 4.69) is 10.6 Å². The van der Waals surface area contributed by atoms with Gasteiger partial charge in [-0.15, -0.1) is 0 Å². The van der Waals surface area contributed by atoms with Gasteiger partial charge in [-0.2, -0.15) is 0 Å². The van der Waals surface area contributed by atoms with Crippen molar-refractivity contribution < 1.29 is 24.2 Å². The highest BCUT2D eigenvalue weighted by atomic mass is 32.1. The van der Waals surface area contributed by atoms with Crippen molar-refractivity contribution in [3.8, 4) is 11.5 Å². The summed E-state index contributed by atoms with van der Waals surface area (Å²) in [5.41, 5.74) is 1.46. The molecule has 1 heterocycles. The number of carbonyl (C=O) groups is 2. The topological polar surface area (TPSA) is 96.9 Å². The Kier molecular flexibility index (Phi) is 5.33. The van der Waals surface area contributed by atoms with E-state index in [1.54, 1.807) is 30.3 Å². The number of rotatable bonds is 4. The van der Waals surface area contributed by atoms with Gasteiger partial charge in [-0.1, -0.05) is 12.1 Å². The van der Waals surface area contributed by atoms with Gasteiger partial charge < -0.3 is 19.9 Å². The van der Waals surface area contributed by atoms with Gasteiger partial charge in [0.05, 0.1) is 5.56 Å². The Morgan fingerprint density at radius 3 is 2.35 bits per heavy atom. The van der Waals surface area contributed by atoms with E-state index < -0.39 is 5.97 Å². The zero-order chi connectivity index (χ0) is 18.5. The Balaban J connectivity index is 1.54. The number of fused-ring (bicyclic) bond motifs is 1. The van der Waals surface area contributed by atoms with Crippen LogP contribution < -0.4 is 20.1 Å². The number of carboxylic acids is 1. The lowest BCUT2D eigenvalue weighted by Crippen LogP contribution is -2.38. The number of aromatic carboxylic acids is 1. The maximum absolute atomic E-state index is 12.3. The lowest BCUT2D eigenvalue weighted by atomic mass is 10.1. The van der Waals surface area contributed by atoms with Crippen molar-refractivity contribution in [3.05, 3.63) is 59.2 Å². The van der Waals surface area contributed by atoms with E-state index in [0.717, 1.165) is 5.56 Å². The first-order valence-electron chi connectivity index (χ1n) is 7.84. The third kappa shape index (κ3) is 4.28. The molecule has 0 unspecified atom stereocenters. The molecule has 26 heavy (non-hydrogen) atoms. The van der Waals surface area contributed by atoms with E-state index >= 15 is 0 Å². The molecule has 2 aromatic rings. The Labute approximate surface area is 154 Å². The SMILES string of the molecule is O=C(O)c1ccc(CNC(=S)NC(=O)c2ccc3c(c2)OCCO3)cc1. The molecule has 8 heteroatoms. The molecule has 134 valence electrons. The average molecular weight is 372 g/mol. The first-order valence-corrected chi connectivity index (χ1v) is 8.25. The fraction of sp³-hybridized carbons (Fsp3) is 0.167. The minimum atomic E-state index is -0.980. The van der Waals surface area contributed by atoms with Gasteiger partial charge in [0.25, 0.3) is 5.91 Å². The molecule has 0 spiro atoms. The molecule has 0 saturated carbocycles. The van der Waals surface area contributed by atoms with Crippen molar-refractivity contribution in [2.75, 3.05) is 13.2 Å². The van der Waals surface area contributed by atoms with Gasteiger partial charge in [0.1, 0.15) is 13.2 Å². The van der Waals surface area contributed by atoms with Crippen molar-refractivity contribution in [3.63, 3.8) is 0 Å². The number of thiocarbonyl (C=S) groups is 1. The summed E-state index contributed by atoms with van der Waals surface area (Å²) in [7, 11) is 0. The third-order valence-corrected chi connectivity index (χ3v) is 3.93. The largest absolute Gasteiger partial charge is 0.486 e. The smallest absolute Gasteiger partial charge is 0.335 e. The molecule has 0 aliphatic carbocycles. The molecule has 1 aliphatic heterocycles. The summed E-state index contributed by atoms with van der Waals surface area (Å²) in [6, 6.07) is 11.3. The molecule has 0 fully saturated rings. The van der Waals surface area contributed by atoms with E-state index in [9.17, 15) is 9.59 Å². The summed E-state index contributed by atoms with van der Waals surface area (Å²) in [6.45, 7) is 1.29. The Morgan fingerprint density at radius 2 is 1.65 bits per heavy atom. The molecule has 7 nitrogen and oxygen atoms in total. The second-order valence-corrected chi connectivity index (χ2v) is 5.91. The van der Waals surface area contributed by atoms with Crippen molar-refractivity contribution in [2.24, 2.45) is 0 Å². The number of amides is 1. The van der Waals surface area contributed by atoms with Crippen molar-refractivity contribution >= 4 is 29.2 Å². The Bertz CT molecular complexity index is 851. The van der Waals surface area contributed by atoms with Gasteiger partial charge in [-0.25, -0.2) is 4.79 Å². The molecule has 1 aliphatic rings. The van der Waals surface area contributed by atoms with Gasteiger partial charge in [0, 0.05) is 12.1 Å². The van der Waals surface area contributed by atoms with Crippen molar-refractivity contribution in [1.29, 1.82) is 0 Å². The average Bonchev–Trinajstić information content (AvgIpc) is 2.66. The lowest BCUT2D eigenvalue weighted by molar-refractivity contribution is 0.0696. The molecule has 1 amide bonds. The number of ether oxygens (including phenoxy) is 2. The quantitative estimate of drug-likeness (QED) is 0.706. The van der Waals surface area contributed by atoms with Crippen LogP contribution in [0.2, 0.25) is 0 Å². The van der Waals surface area contributed by atoms with Crippen molar-refractivity contribution in [1.82, 2.24) is 10.6 Å². The molecule has 0 radical (unpaired) electrons. The van der Waals surface area contributed by atoms with Crippen LogP contribution in [-0.2, 0) is 6.54 Å². The third-order valence-electron chi connectivity index (χ3n) is 3.69. The number of hydrogen-bond acceptors (Lipinski definition) is 5. The number of hydrogen-bond donors (Lipinski definition) is 3. The maximum atomic E-state index is 12.3. The van der Waals surface area contributed by atoms with Crippen LogP contribution in [-0.4, -0.2) is 35.3 Å². The normalized spacial score (nSPS) is 12.2. The van der Waals surface area contributed by atoms with Crippen LogP contribution in [0.25, 0.3) is 0 Å². The highest BCUT2D eigenvalue weighted by Gasteiger charge is 2.15. The molecule has 0 bridgehead atoms. The van der Waals surface area contributed by atoms with Gasteiger partial charge >= 0.3 is 5.97 Å². The summed E-state index contributed by atoms with van der Waals surface area (Å²) >= 11 is 5.12. The van der Waals surface area contributed by atoms with E-state index in [-0.39, 0.29) is 16.6 Å². The van der Waals surface area contributed by atoms with Gasteiger partial charge in [0.15, 0.2) is 16.6 Å². The summed E-state index contributed by atoms with van der Waals surface area (Å²) < 4.78 is 10.9. The zero-order valence-corrected chi connectivity index (χ0v) is 14.5. The highest BCUT2D eigenvalue weighted by Crippen LogP contribution is 2.30. The number of benzene rings is 2. The Hall–Kier alpha value is -3.13. The van der Waals surface area contributed by atoms with Crippen LogP contribution >= 0.6 is 12.2 Å². The second kappa shape index (κ2) is 7.83. The van der Waals surface area contributed by atoms with Gasteiger partial charge in [0.2, 0.25) is 0 Å². The summed E-state index contributed by atoms with van der Waals surface area (Å²) in [6.07, 6.45) is 0. The number of nitrogens with one attached hydrogen (secondary N) is 2. The first kappa shape index (κ1) is 17.7. The predicted octanol–water partition coefficient (Wildman–Crippen LogP) is 1.96. The van der Waals surface area contributed by atoms with Crippen LogP contribution in [0.15, 0.2) is 42.5 Å². The predicted molar refractivity (Wildman–Crippen MR) is 97.7 cm³/mol. The zero-order valence-electron chi connectivity index (χ0n) is 13.7. The van der Waals surface area contributed by atoms with Gasteiger partial charge in [-0.05, 0) is 48.1 Å². The van der Waals surface area contributed by atoms with Gasteiger partial charge in [-0.3, -0.25) is 10.1 Å². The number of carbonyl (C=O) groups excluding carboxylic acids is 1. The second-order valence-electron chi connectivity index (χ2n) is 5.50. The summed E-state index contributed by atoms with van der Waals surface area (Å²) in [5.74, 6) is -0.202. The summed E-state index contributed by atoms with van der Waals surface area (Å²) in [5, 5.41) is 14.5. The monoisotopic (exact) mass is 372 g/mol. The Morgan fingerprint density at radius 1 is 1.00 bits per heavy atom. The van der Waals surface area contributed by atoms with Crippen LogP contribution in [0.5, 0.6) is 11.5 Å². The van der Waals surface area contributed by atoms with Crippen LogP contribution in [0.1, 0.15) is 26.3 Å². The number of carboxylic acid groups (broad SMARTS) is 1. The van der Waals surface area contributed by atoms with Crippen LogP contribution in [0.4, 0.5) is 0 Å². The van der Waals surface area contributed by atoms with E-state index in [1.807, 2.05) is 0 Å². The molecule has 0 saturated heterocycles. The molecular weight excluding hydrogens is 356 g/mol. The molecular formula is C18H16N2O5S. The first-order chi connectivity index (χ1) is 12.5. The molecule has 3 rings (SSSR count). The van der Waals surface area contributed by atoms with Crippen LogP contribution in [0, 0.1) is 0 Å². The van der Waals surface area contributed by atoms with E-state index in [1.165, 1.54) is 12.1 Å². The van der Waals surface area contributed by atoms with Crippen molar-refractivity contribution in [2.45, 2.75) is 6.54 Å². The minimum Gasteiger partial charge on any atom is -0.486 e. The summed E-state index contributed by atoms with van der Waals surface area (Å²) in [4.78, 5) is 23.1. The highest BCUT2D eigenvalue weighted by molar-refractivity contribution is 7.80. The molecule has 0 aromatic heterocycles. The maximum Gasteiger partial charge on any atom is 0.335 e. The van der Waals surface area contributed by atoms with E-state index in [0.29, 0.717) is 36.8 Å². The minimum absolute atomic E-state index is 0.173. The van der Waals surface area contributed by atoms with E-state index in [4.69, 9.17) is 26.8 Å². The molecule has 3 N–H and O–H groups in total.